The van der Waals surface area contributed by atoms with Gasteiger partial charge in [0, 0.05) is 11.8 Å². The van der Waals surface area contributed by atoms with E-state index in [0.717, 1.165) is 19.3 Å². The van der Waals surface area contributed by atoms with Crippen molar-refractivity contribution in [2.24, 2.45) is 5.41 Å². The Morgan fingerprint density at radius 1 is 1.23 bits per heavy atom. The Balaban J connectivity index is 1.97. The van der Waals surface area contributed by atoms with Crippen molar-refractivity contribution in [3.05, 3.63) is 48.2 Å². The van der Waals surface area contributed by atoms with Gasteiger partial charge >= 0.3 is 0 Å². The molecule has 1 aliphatic heterocycles. The zero-order chi connectivity index (χ0) is 16.2. The minimum Gasteiger partial charge on any atom is -0.470 e. The van der Waals surface area contributed by atoms with Crippen LogP contribution in [0.4, 0.5) is 0 Å². The Kier molecular flexibility index (Phi) is 5.65. The number of ether oxygens (including phenoxy) is 3. The second-order valence-electron chi connectivity index (χ2n) is 7.10. The number of rotatable bonds is 5. The van der Waals surface area contributed by atoms with Crippen molar-refractivity contribution < 1.29 is 14.2 Å². The highest BCUT2D eigenvalue weighted by atomic mass is 16.8. The van der Waals surface area contributed by atoms with E-state index in [2.05, 4.69) is 51.6 Å². The summed E-state index contributed by atoms with van der Waals surface area (Å²) in [7, 11) is 0. The standard InChI is InChI=1S/C19H28O3/c1-14(2)20-17-13-16(21-18(22-17)19(3,4)5)12-11-15-9-7-6-8-10-15/h6-10,16-18H,1,11-13H2,2-5H3/t16-,17-,18-/m0/s1. The van der Waals surface area contributed by atoms with Crippen LogP contribution in [0.2, 0.25) is 0 Å². The molecule has 0 spiro atoms. The summed E-state index contributed by atoms with van der Waals surface area (Å²) in [6.07, 6.45) is 2.33. The molecule has 3 nitrogen and oxygen atoms in total. The van der Waals surface area contributed by atoms with E-state index in [1.807, 2.05) is 13.0 Å². The third-order valence-electron chi connectivity index (χ3n) is 3.68. The fraction of sp³-hybridized carbons (Fsp3) is 0.579. The van der Waals surface area contributed by atoms with Gasteiger partial charge in [0.2, 0.25) is 6.29 Å². The van der Waals surface area contributed by atoms with Crippen LogP contribution in [0.25, 0.3) is 0 Å². The summed E-state index contributed by atoms with van der Waals surface area (Å²) in [5.41, 5.74) is 1.25. The molecule has 1 aromatic carbocycles. The summed E-state index contributed by atoms with van der Waals surface area (Å²) < 4.78 is 17.8. The molecule has 0 bridgehead atoms. The van der Waals surface area contributed by atoms with E-state index in [4.69, 9.17) is 14.2 Å². The Labute approximate surface area is 134 Å². The van der Waals surface area contributed by atoms with E-state index in [9.17, 15) is 0 Å². The molecule has 122 valence electrons. The maximum absolute atomic E-state index is 6.15. The van der Waals surface area contributed by atoms with Gasteiger partial charge in [-0.05, 0) is 25.3 Å². The van der Waals surface area contributed by atoms with E-state index in [-0.39, 0.29) is 24.1 Å². The average Bonchev–Trinajstić information content (AvgIpc) is 2.44. The van der Waals surface area contributed by atoms with Crippen molar-refractivity contribution >= 4 is 0 Å². The van der Waals surface area contributed by atoms with Crippen molar-refractivity contribution in [2.45, 2.75) is 65.6 Å². The van der Waals surface area contributed by atoms with Crippen LogP contribution >= 0.6 is 0 Å². The quantitative estimate of drug-likeness (QED) is 0.740. The normalized spacial score (nSPS) is 25.7. The van der Waals surface area contributed by atoms with Crippen molar-refractivity contribution in [3.63, 3.8) is 0 Å². The van der Waals surface area contributed by atoms with Crippen LogP contribution in [0.1, 0.15) is 46.1 Å². The zero-order valence-electron chi connectivity index (χ0n) is 14.2. The third kappa shape index (κ3) is 5.15. The van der Waals surface area contributed by atoms with E-state index in [0.29, 0.717) is 5.76 Å². The molecule has 0 aliphatic carbocycles. The topological polar surface area (TPSA) is 27.7 Å². The van der Waals surface area contributed by atoms with Crippen LogP contribution in [-0.2, 0) is 20.6 Å². The van der Waals surface area contributed by atoms with Gasteiger partial charge in [-0.2, -0.15) is 0 Å². The molecule has 0 N–H and O–H groups in total. The van der Waals surface area contributed by atoms with Crippen LogP contribution < -0.4 is 0 Å². The first kappa shape index (κ1) is 17.0. The largest absolute Gasteiger partial charge is 0.470 e. The summed E-state index contributed by atoms with van der Waals surface area (Å²) in [5.74, 6) is 0.682. The zero-order valence-corrected chi connectivity index (χ0v) is 14.2. The molecule has 2 rings (SSSR count). The van der Waals surface area contributed by atoms with Gasteiger partial charge in [0.25, 0.3) is 0 Å². The van der Waals surface area contributed by atoms with Crippen LogP contribution in [0.3, 0.4) is 0 Å². The molecule has 0 radical (unpaired) electrons. The van der Waals surface area contributed by atoms with Crippen molar-refractivity contribution in [2.75, 3.05) is 0 Å². The average molecular weight is 304 g/mol. The summed E-state index contributed by atoms with van der Waals surface area (Å²) >= 11 is 0. The lowest BCUT2D eigenvalue weighted by molar-refractivity contribution is -0.325. The number of hydrogen-bond donors (Lipinski definition) is 0. The molecule has 1 saturated heterocycles. The molecular weight excluding hydrogens is 276 g/mol. The molecule has 0 amide bonds. The molecular formula is C19H28O3. The second kappa shape index (κ2) is 7.30. The van der Waals surface area contributed by atoms with Gasteiger partial charge in [-0.25, -0.2) is 0 Å². The molecule has 1 heterocycles. The Bertz CT molecular complexity index is 475. The van der Waals surface area contributed by atoms with Gasteiger partial charge in [0.05, 0.1) is 11.9 Å². The van der Waals surface area contributed by atoms with Gasteiger partial charge in [0.15, 0.2) is 6.29 Å². The summed E-state index contributed by atoms with van der Waals surface area (Å²) in [5, 5.41) is 0. The molecule has 1 fully saturated rings. The molecule has 1 aromatic rings. The fourth-order valence-corrected chi connectivity index (χ4v) is 2.54. The first-order chi connectivity index (χ1) is 10.3. The molecule has 0 aromatic heterocycles. The predicted molar refractivity (Wildman–Crippen MR) is 88.3 cm³/mol. The van der Waals surface area contributed by atoms with Gasteiger partial charge in [-0.15, -0.1) is 0 Å². The Morgan fingerprint density at radius 3 is 2.50 bits per heavy atom. The minimum absolute atomic E-state index is 0.0812. The van der Waals surface area contributed by atoms with E-state index in [1.165, 1.54) is 5.56 Å². The number of hydrogen-bond acceptors (Lipinski definition) is 3. The number of benzene rings is 1. The minimum atomic E-state index is -0.267. The monoisotopic (exact) mass is 304 g/mol. The maximum Gasteiger partial charge on any atom is 0.204 e. The molecule has 3 atom stereocenters. The summed E-state index contributed by atoms with van der Waals surface area (Å²) in [6, 6.07) is 10.5. The van der Waals surface area contributed by atoms with Gasteiger partial charge in [-0.1, -0.05) is 57.7 Å². The Hall–Kier alpha value is -1.32. The molecule has 3 heteroatoms. The molecule has 0 unspecified atom stereocenters. The highest BCUT2D eigenvalue weighted by Gasteiger charge is 2.37. The summed E-state index contributed by atoms with van der Waals surface area (Å²) in [4.78, 5) is 0. The highest BCUT2D eigenvalue weighted by Crippen LogP contribution is 2.33. The maximum atomic E-state index is 6.15. The first-order valence-electron chi connectivity index (χ1n) is 8.01. The van der Waals surface area contributed by atoms with Crippen LogP contribution in [0.5, 0.6) is 0 Å². The van der Waals surface area contributed by atoms with Crippen molar-refractivity contribution in [1.82, 2.24) is 0 Å². The van der Waals surface area contributed by atoms with Crippen LogP contribution in [0, 0.1) is 5.41 Å². The van der Waals surface area contributed by atoms with Gasteiger partial charge in [-0.3, -0.25) is 0 Å². The lowest BCUT2D eigenvalue weighted by Crippen LogP contribution is -2.45. The van der Waals surface area contributed by atoms with Crippen LogP contribution in [-0.4, -0.2) is 18.7 Å². The van der Waals surface area contributed by atoms with Crippen molar-refractivity contribution in [1.29, 1.82) is 0 Å². The fourth-order valence-electron chi connectivity index (χ4n) is 2.54. The Morgan fingerprint density at radius 2 is 1.91 bits per heavy atom. The van der Waals surface area contributed by atoms with Crippen molar-refractivity contribution in [3.8, 4) is 0 Å². The predicted octanol–water partition coefficient (Wildman–Crippen LogP) is 4.67. The lowest BCUT2D eigenvalue weighted by Gasteiger charge is -2.41. The second-order valence-corrected chi connectivity index (χ2v) is 7.10. The smallest absolute Gasteiger partial charge is 0.204 e. The van der Waals surface area contributed by atoms with Crippen LogP contribution in [0.15, 0.2) is 42.7 Å². The molecule has 0 saturated carbocycles. The number of aryl methyl sites for hydroxylation is 1. The first-order valence-corrected chi connectivity index (χ1v) is 8.01. The molecule has 22 heavy (non-hydrogen) atoms. The molecule has 1 aliphatic rings. The number of allylic oxidation sites excluding steroid dienone is 1. The van der Waals surface area contributed by atoms with Gasteiger partial charge in [0.1, 0.15) is 0 Å². The third-order valence-corrected chi connectivity index (χ3v) is 3.68. The lowest BCUT2D eigenvalue weighted by atomic mass is 9.94. The van der Waals surface area contributed by atoms with E-state index >= 15 is 0 Å². The van der Waals surface area contributed by atoms with E-state index < -0.39 is 0 Å². The van der Waals surface area contributed by atoms with Gasteiger partial charge < -0.3 is 14.2 Å². The van der Waals surface area contributed by atoms with E-state index in [1.54, 1.807) is 0 Å². The summed E-state index contributed by atoms with van der Waals surface area (Å²) in [6.45, 7) is 12.0. The highest BCUT2D eigenvalue weighted by molar-refractivity contribution is 5.14. The SMILES string of the molecule is C=C(C)O[C@@H]1C[C@H](CCc2ccccc2)O[C@H](C(C)(C)C)O1.